The van der Waals surface area contributed by atoms with Gasteiger partial charge in [0, 0.05) is 25.4 Å². The standard InChI is InChI=1S/C19H20F3N3O2/c1-2-10-25(17(27)8-5-13-4-3-9-23-11-13)12-16(26)24-15-7-6-14(20)18(21)19(15)22/h3-4,6-7,9,11H,2,5,8,10,12H2,1H3,(H,24,26). The lowest BCUT2D eigenvalue weighted by molar-refractivity contribution is -0.134. The van der Waals surface area contributed by atoms with Crippen molar-refractivity contribution in [1.82, 2.24) is 9.88 Å². The van der Waals surface area contributed by atoms with Crippen LogP contribution >= 0.6 is 0 Å². The third-order valence-corrected chi connectivity index (χ3v) is 3.84. The first kappa shape index (κ1) is 20.4. The zero-order valence-electron chi connectivity index (χ0n) is 14.8. The van der Waals surface area contributed by atoms with Gasteiger partial charge < -0.3 is 10.2 Å². The average molecular weight is 379 g/mol. The summed E-state index contributed by atoms with van der Waals surface area (Å²) < 4.78 is 39.9. The number of benzene rings is 1. The number of anilines is 1. The minimum absolute atomic E-state index is 0.193. The molecule has 1 heterocycles. The summed E-state index contributed by atoms with van der Waals surface area (Å²) in [6.45, 7) is 1.89. The lowest BCUT2D eigenvalue weighted by atomic mass is 10.1. The van der Waals surface area contributed by atoms with Crippen LogP contribution in [0.25, 0.3) is 0 Å². The molecule has 0 aliphatic heterocycles. The normalized spacial score (nSPS) is 10.5. The molecule has 0 bridgehead atoms. The first-order valence-corrected chi connectivity index (χ1v) is 8.52. The number of hydrogen-bond donors (Lipinski definition) is 1. The van der Waals surface area contributed by atoms with Gasteiger partial charge in [-0.05, 0) is 36.6 Å². The number of pyridine rings is 1. The molecule has 5 nitrogen and oxygen atoms in total. The molecular formula is C19H20F3N3O2. The highest BCUT2D eigenvalue weighted by atomic mass is 19.2. The van der Waals surface area contributed by atoms with Gasteiger partial charge in [-0.1, -0.05) is 13.0 Å². The molecule has 0 aliphatic rings. The predicted octanol–water partition coefficient (Wildman–Crippen LogP) is 3.31. The highest BCUT2D eigenvalue weighted by Crippen LogP contribution is 2.19. The third kappa shape index (κ3) is 5.80. The van der Waals surface area contributed by atoms with Crippen molar-refractivity contribution in [3.63, 3.8) is 0 Å². The Balaban J connectivity index is 1.97. The molecule has 1 aromatic carbocycles. The molecule has 1 N–H and O–H groups in total. The molecule has 0 atom stereocenters. The van der Waals surface area contributed by atoms with Crippen LogP contribution in [0.15, 0.2) is 36.7 Å². The van der Waals surface area contributed by atoms with Gasteiger partial charge in [0.2, 0.25) is 11.8 Å². The second-order valence-electron chi connectivity index (χ2n) is 5.95. The fourth-order valence-electron chi connectivity index (χ4n) is 2.50. The minimum atomic E-state index is -1.66. The van der Waals surface area contributed by atoms with Crippen LogP contribution in [0.2, 0.25) is 0 Å². The van der Waals surface area contributed by atoms with E-state index in [9.17, 15) is 22.8 Å². The van der Waals surface area contributed by atoms with Crippen LogP contribution in [0.1, 0.15) is 25.3 Å². The number of rotatable bonds is 8. The van der Waals surface area contributed by atoms with Gasteiger partial charge in [-0.2, -0.15) is 0 Å². The maximum atomic E-state index is 13.7. The van der Waals surface area contributed by atoms with E-state index >= 15 is 0 Å². The lowest BCUT2D eigenvalue weighted by Gasteiger charge is -2.21. The zero-order valence-corrected chi connectivity index (χ0v) is 14.8. The van der Waals surface area contributed by atoms with Crippen molar-refractivity contribution in [3.05, 3.63) is 59.7 Å². The fraction of sp³-hybridized carbons (Fsp3) is 0.316. The molecular weight excluding hydrogens is 359 g/mol. The Labute approximate surface area is 155 Å². The van der Waals surface area contributed by atoms with Gasteiger partial charge >= 0.3 is 0 Å². The van der Waals surface area contributed by atoms with E-state index < -0.39 is 29.0 Å². The Morgan fingerprint density at radius 3 is 2.59 bits per heavy atom. The summed E-state index contributed by atoms with van der Waals surface area (Å²) in [5, 5.41) is 2.17. The van der Waals surface area contributed by atoms with Crippen LogP contribution < -0.4 is 5.32 Å². The molecule has 27 heavy (non-hydrogen) atoms. The Kier molecular flexibility index (Phi) is 7.34. The molecule has 2 aromatic rings. The van der Waals surface area contributed by atoms with Crippen LogP contribution in [0.3, 0.4) is 0 Å². The fourth-order valence-corrected chi connectivity index (χ4v) is 2.50. The molecule has 0 spiro atoms. The zero-order chi connectivity index (χ0) is 19.8. The van der Waals surface area contributed by atoms with Crippen molar-refractivity contribution in [3.8, 4) is 0 Å². The van der Waals surface area contributed by atoms with Crippen molar-refractivity contribution in [2.75, 3.05) is 18.4 Å². The van der Waals surface area contributed by atoms with Gasteiger partial charge in [-0.15, -0.1) is 0 Å². The highest BCUT2D eigenvalue weighted by Gasteiger charge is 2.19. The summed E-state index contributed by atoms with van der Waals surface area (Å²) in [6.07, 6.45) is 4.60. The monoisotopic (exact) mass is 379 g/mol. The first-order valence-electron chi connectivity index (χ1n) is 8.52. The molecule has 0 fully saturated rings. The molecule has 2 amide bonds. The van der Waals surface area contributed by atoms with Crippen LogP contribution in [0.5, 0.6) is 0 Å². The number of carbonyl (C=O) groups excluding carboxylic acids is 2. The molecule has 0 unspecified atom stereocenters. The average Bonchev–Trinajstić information content (AvgIpc) is 2.67. The summed E-state index contributed by atoms with van der Waals surface area (Å²) in [6, 6.07) is 5.27. The summed E-state index contributed by atoms with van der Waals surface area (Å²) in [4.78, 5) is 29.9. The van der Waals surface area contributed by atoms with Crippen molar-refractivity contribution < 1.29 is 22.8 Å². The van der Waals surface area contributed by atoms with Gasteiger partial charge in [0.25, 0.3) is 0 Å². The minimum Gasteiger partial charge on any atom is -0.333 e. The van der Waals surface area contributed by atoms with E-state index in [1.807, 2.05) is 13.0 Å². The summed E-state index contributed by atoms with van der Waals surface area (Å²) in [5.41, 5.74) is 0.425. The van der Waals surface area contributed by atoms with Crippen molar-refractivity contribution in [1.29, 1.82) is 0 Å². The van der Waals surface area contributed by atoms with E-state index in [1.54, 1.807) is 18.5 Å². The summed E-state index contributed by atoms with van der Waals surface area (Å²) in [5.74, 6) is -5.41. The Morgan fingerprint density at radius 2 is 1.93 bits per heavy atom. The number of halogens is 3. The van der Waals surface area contributed by atoms with Crippen LogP contribution in [-0.4, -0.2) is 34.8 Å². The molecule has 0 saturated heterocycles. The maximum absolute atomic E-state index is 13.7. The van der Waals surface area contributed by atoms with E-state index in [4.69, 9.17) is 0 Å². The smallest absolute Gasteiger partial charge is 0.244 e. The maximum Gasteiger partial charge on any atom is 0.244 e. The van der Waals surface area contributed by atoms with E-state index in [-0.39, 0.29) is 18.9 Å². The van der Waals surface area contributed by atoms with Crippen molar-refractivity contribution >= 4 is 17.5 Å². The predicted molar refractivity (Wildman–Crippen MR) is 94.4 cm³/mol. The van der Waals surface area contributed by atoms with Crippen LogP contribution in [0, 0.1) is 17.5 Å². The van der Waals surface area contributed by atoms with E-state index in [0.29, 0.717) is 19.4 Å². The SMILES string of the molecule is CCCN(CC(=O)Nc1ccc(F)c(F)c1F)C(=O)CCc1cccnc1. The first-order chi connectivity index (χ1) is 12.9. The highest BCUT2D eigenvalue weighted by molar-refractivity contribution is 5.94. The van der Waals surface area contributed by atoms with Crippen molar-refractivity contribution in [2.24, 2.45) is 0 Å². The van der Waals surface area contributed by atoms with E-state index in [1.165, 1.54) is 4.90 Å². The van der Waals surface area contributed by atoms with Crippen LogP contribution in [0.4, 0.5) is 18.9 Å². The number of nitrogens with one attached hydrogen (secondary N) is 1. The van der Waals surface area contributed by atoms with Gasteiger partial charge in [-0.3, -0.25) is 14.6 Å². The summed E-state index contributed by atoms with van der Waals surface area (Å²) in [7, 11) is 0. The topological polar surface area (TPSA) is 62.3 Å². The Morgan fingerprint density at radius 1 is 1.15 bits per heavy atom. The van der Waals surface area contributed by atoms with Gasteiger partial charge in [-0.25, -0.2) is 13.2 Å². The van der Waals surface area contributed by atoms with Crippen LogP contribution in [-0.2, 0) is 16.0 Å². The molecule has 8 heteroatoms. The number of nitrogens with zero attached hydrogens (tertiary/aromatic N) is 2. The van der Waals surface area contributed by atoms with Gasteiger partial charge in [0.05, 0.1) is 12.2 Å². The quantitative estimate of drug-likeness (QED) is 0.716. The Bertz CT molecular complexity index is 800. The number of hydrogen-bond acceptors (Lipinski definition) is 3. The molecule has 0 aliphatic carbocycles. The summed E-state index contributed by atoms with van der Waals surface area (Å²) >= 11 is 0. The molecule has 2 rings (SSSR count). The van der Waals surface area contributed by atoms with Crippen molar-refractivity contribution in [2.45, 2.75) is 26.2 Å². The largest absolute Gasteiger partial charge is 0.333 e. The lowest BCUT2D eigenvalue weighted by Crippen LogP contribution is -2.38. The molecule has 0 saturated carbocycles. The number of aryl methyl sites for hydroxylation is 1. The van der Waals surface area contributed by atoms with E-state index in [0.717, 1.165) is 17.7 Å². The molecule has 1 aromatic heterocycles. The number of carbonyl (C=O) groups is 2. The molecule has 144 valence electrons. The number of amides is 2. The van der Waals surface area contributed by atoms with Gasteiger partial charge in [0.15, 0.2) is 17.5 Å². The third-order valence-electron chi connectivity index (χ3n) is 3.84. The molecule has 0 radical (unpaired) electrons. The Hall–Kier alpha value is -2.90. The second-order valence-corrected chi connectivity index (χ2v) is 5.95. The second kappa shape index (κ2) is 9.70. The van der Waals surface area contributed by atoms with E-state index in [2.05, 4.69) is 10.3 Å². The number of aromatic nitrogens is 1. The van der Waals surface area contributed by atoms with Gasteiger partial charge in [0.1, 0.15) is 0 Å².